The SMILES string of the molecule is C=C(C)C(=O)OOCCS(=O)(=O)[O-].[Na+]. The second-order valence-corrected chi connectivity index (χ2v) is 3.76. The van der Waals surface area contributed by atoms with Crippen LogP contribution in [0.1, 0.15) is 6.92 Å². The first-order valence-corrected chi connectivity index (χ1v) is 4.83. The van der Waals surface area contributed by atoms with Crippen LogP contribution in [0.3, 0.4) is 0 Å². The summed E-state index contributed by atoms with van der Waals surface area (Å²) in [5, 5.41) is 0. The fourth-order valence-corrected chi connectivity index (χ4v) is 0.575. The van der Waals surface area contributed by atoms with E-state index in [2.05, 4.69) is 16.4 Å². The van der Waals surface area contributed by atoms with Crippen molar-refractivity contribution in [2.75, 3.05) is 12.4 Å². The fourth-order valence-electron chi connectivity index (χ4n) is 0.302. The predicted octanol–water partition coefficient (Wildman–Crippen LogP) is -3.41. The summed E-state index contributed by atoms with van der Waals surface area (Å²) < 4.78 is 30.0. The summed E-state index contributed by atoms with van der Waals surface area (Å²) in [7, 11) is -4.33. The molecule has 0 fully saturated rings. The smallest absolute Gasteiger partial charge is 0.748 e. The molecule has 14 heavy (non-hydrogen) atoms. The van der Waals surface area contributed by atoms with Crippen LogP contribution in [-0.2, 0) is 24.7 Å². The molecule has 0 N–H and O–H groups in total. The largest absolute Gasteiger partial charge is 1.00 e. The molecule has 0 aliphatic heterocycles. The Morgan fingerprint density at radius 2 is 2.00 bits per heavy atom. The van der Waals surface area contributed by atoms with Crippen LogP contribution >= 0.6 is 0 Å². The first-order chi connectivity index (χ1) is 5.83. The Balaban J connectivity index is 0. The predicted molar refractivity (Wildman–Crippen MR) is 41.4 cm³/mol. The van der Waals surface area contributed by atoms with E-state index in [9.17, 15) is 17.8 Å². The molecular weight excluding hydrogens is 223 g/mol. The van der Waals surface area contributed by atoms with Gasteiger partial charge < -0.3 is 4.55 Å². The minimum Gasteiger partial charge on any atom is -0.748 e. The zero-order valence-corrected chi connectivity index (χ0v) is 10.8. The second-order valence-electron chi connectivity index (χ2n) is 2.23. The third-order valence-corrected chi connectivity index (χ3v) is 1.57. The number of hydrogen-bond donors (Lipinski definition) is 0. The Morgan fingerprint density at radius 1 is 1.50 bits per heavy atom. The summed E-state index contributed by atoms with van der Waals surface area (Å²) in [6.45, 7) is 4.17. The van der Waals surface area contributed by atoms with E-state index in [1.807, 2.05) is 0 Å². The molecule has 0 aromatic carbocycles. The number of hydrogen-bond acceptors (Lipinski definition) is 6. The summed E-state index contributed by atoms with van der Waals surface area (Å²) in [6, 6.07) is 0. The van der Waals surface area contributed by atoms with E-state index < -0.39 is 28.4 Å². The number of carbonyl (C=O) groups excluding carboxylic acids is 1. The van der Waals surface area contributed by atoms with Crippen molar-refractivity contribution in [2.45, 2.75) is 6.92 Å². The maximum atomic E-state index is 10.6. The molecule has 0 aliphatic rings. The topological polar surface area (TPSA) is 92.7 Å². The van der Waals surface area contributed by atoms with Gasteiger partial charge in [0.1, 0.15) is 6.61 Å². The normalized spacial score (nSPS) is 10.1. The van der Waals surface area contributed by atoms with Crippen molar-refractivity contribution in [1.82, 2.24) is 0 Å². The molecule has 8 heteroatoms. The van der Waals surface area contributed by atoms with Gasteiger partial charge in [0.05, 0.1) is 15.9 Å². The van der Waals surface area contributed by atoms with Crippen LogP contribution in [0.5, 0.6) is 0 Å². The Kier molecular flexibility index (Phi) is 8.70. The second kappa shape index (κ2) is 7.38. The Hall–Kier alpha value is 0.0800. The van der Waals surface area contributed by atoms with Gasteiger partial charge in [-0.2, -0.15) is 4.89 Å². The first kappa shape index (κ1) is 16.5. The molecule has 0 aliphatic carbocycles. The molecule has 0 bridgehead atoms. The van der Waals surface area contributed by atoms with Gasteiger partial charge in [0.2, 0.25) is 0 Å². The van der Waals surface area contributed by atoms with E-state index in [1.54, 1.807) is 0 Å². The van der Waals surface area contributed by atoms with Gasteiger partial charge in [-0.15, -0.1) is 0 Å². The summed E-state index contributed by atoms with van der Waals surface area (Å²) in [5.74, 6) is -1.54. The third-order valence-electron chi connectivity index (χ3n) is 0.900. The average Bonchev–Trinajstić information content (AvgIpc) is 1.95. The van der Waals surface area contributed by atoms with Gasteiger partial charge in [-0.05, 0) is 6.92 Å². The van der Waals surface area contributed by atoms with Crippen LogP contribution in [0.4, 0.5) is 0 Å². The first-order valence-electron chi connectivity index (χ1n) is 3.26. The maximum Gasteiger partial charge on any atom is 1.00 e. The van der Waals surface area contributed by atoms with Crippen molar-refractivity contribution in [3.8, 4) is 0 Å². The summed E-state index contributed by atoms with van der Waals surface area (Å²) >= 11 is 0. The van der Waals surface area contributed by atoms with E-state index in [0.29, 0.717) is 0 Å². The zero-order chi connectivity index (χ0) is 10.5. The Labute approximate surface area is 104 Å². The van der Waals surface area contributed by atoms with Crippen LogP contribution in [-0.4, -0.2) is 31.3 Å². The Morgan fingerprint density at radius 3 is 2.36 bits per heavy atom. The van der Waals surface area contributed by atoms with E-state index in [0.717, 1.165) is 0 Å². The van der Waals surface area contributed by atoms with Crippen LogP contribution in [0, 0.1) is 0 Å². The molecule has 0 amide bonds. The molecular formula is C6H9NaO6S. The van der Waals surface area contributed by atoms with Gasteiger partial charge in [-0.25, -0.2) is 13.2 Å². The maximum absolute atomic E-state index is 10.6. The van der Waals surface area contributed by atoms with Gasteiger partial charge in [-0.1, -0.05) is 6.58 Å². The van der Waals surface area contributed by atoms with Crippen molar-refractivity contribution in [3.63, 3.8) is 0 Å². The molecule has 0 aromatic heterocycles. The van der Waals surface area contributed by atoms with Crippen molar-refractivity contribution in [1.29, 1.82) is 0 Å². The number of carbonyl (C=O) groups is 1. The molecule has 76 valence electrons. The van der Waals surface area contributed by atoms with Crippen LogP contribution < -0.4 is 29.6 Å². The van der Waals surface area contributed by atoms with Crippen molar-refractivity contribution >= 4 is 16.1 Å². The van der Waals surface area contributed by atoms with Gasteiger partial charge in [0, 0.05) is 5.57 Å². The summed E-state index contributed by atoms with van der Waals surface area (Å²) in [6.07, 6.45) is 0. The van der Waals surface area contributed by atoms with Crippen LogP contribution in [0.25, 0.3) is 0 Å². The molecule has 0 atom stereocenters. The van der Waals surface area contributed by atoms with E-state index in [1.165, 1.54) is 6.92 Å². The summed E-state index contributed by atoms with van der Waals surface area (Å²) in [5.41, 5.74) is 0.116. The van der Waals surface area contributed by atoms with Crippen molar-refractivity contribution in [3.05, 3.63) is 12.2 Å². The van der Waals surface area contributed by atoms with Crippen molar-refractivity contribution < 1.29 is 57.1 Å². The quantitative estimate of drug-likeness (QED) is 0.122. The number of rotatable bonds is 5. The van der Waals surface area contributed by atoms with E-state index in [-0.39, 0.29) is 35.1 Å². The molecule has 0 saturated carbocycles. The van der Waals surface area contributed by atoms with Gasteiger partial charge in [-0.3, -0.25) is 4.89 Å². The molecule has 0 heterocycles. The minimum absolute atomic E-state index is 0. The molecule has 0 rings (SSSR count). The third kappa shape index (κ3) is 10.2. The minimum atomic E-state index is -4.33. The summed E-state index contributed by atoms with van der Waals surface area (Å²) in [4.78, 5) is 18.8. The van der Waals surface area contributed by atoms with E-state index >= 15 is 0 Å². The molecule has 0 saturated heterocycles. The zero-order valence-electron chi connectivity index (χ0n) is 7.98. The monoisotopic (exact) mass is 232 g/mol. The molecule has 0 unspecified atom stereocenters. The van der Waals surface area contributed by atoms with E-state index in [4.69, 9.17) is 0 Å². The van der Waals surface area contributed by atoms with Crippen molar-refractivity contribution in [2.24, 2.45) is 0 Å². The fraction of sp³-hybridized carbons (Fsp3) is 0.500. The molecule has 0 radical (unpaired) electrons. The average molecular weight is 232 g/mol. The standard InChI is InChI=1S/C6H10O6S.Na/c1-5(2)6(7)12-11-3-4-13(8,9)10;/h1,3-4H2,2H3,(H,8,9,10);/q;+1/p-1. The van der Waals surface area contributed by atoms with Gasteiger partial charge >= 0.3 is 35.5 Å². The molecule has 6 nitrogen and oxygen atoms in total. The van der Waals surface area contributed by atoms with Gasteiger partial charge in [0.25, 0.3) is 0 Å². The molecule has 0 spiro atoms. The Bertz CT molecular complexity index is 295. The van der Waals surface area contributed by atoms with Crippen LogP contribution in [0.15, 0.2) is 12.2 Å². The van der Waals surface area contributed by atoms with Gasteiger partial charge in [0.15, 0.2) is 0 Å². The van der Waals surface area contributed by atoms with Crippen LogP contribution in [0.2, 0.25) is 0 Å². The molecule has 0 aromatic rings.